The van der Waals surface area contributed by atoms with Gasteiger partial charge in [0.25, 0.3) is 0 Å². The van der Waals surface area contributed by atoms with Crippen LogP contribution in [0.5, 0.6) is 0 Å². The third kappa shape index (κ3) is 6.28. The molecule has 0 aliphatic heterocycles. The average molecular weight is 437 g/mol. The van der Waals surface area contributed by atoms with Crippen molar-refractivity contribution in [2.75, 3.05) is 6.54 Å². The predicted octanol–water partition coefficient (Wildman–Crippen LogP) is 3.47. The number of aromatic nitrogens is 3. The molecule has 0 aliphatic carbocycles. The highest BCUT2D eigenvalue weighted by molar-refractivity contribution is 6.42. The number of halogens is 2. The smallest absolute Gasteiger partial charge is 0.328 e. The van der Waals surface area contributed by atoms with Crippen molar-refractivity contribution < 1.29 is 19.8 Å². The van der Waals surface area contributed by atoms with Crippen molar-refractivity contribution in [3.8, 4) is 11.3 Å². The molecule has 8 nitrogen and oxygen atoms in total. The SMILES string of the molecule is NCCCn1nc(-c2ccc(Cl)c(Cl)c2)c2cnccc21.O=C(O)/C=C\C(=O)O. The fourth-order valence-corrected chi connectivity index (χ4v) is 2.73. The van der Waals surface area contributed by atoms with Crippen LogP contribution in [0.4, 0.5) is 0 Å². The van der Waals surface area contributed by atoms with E-state index in [4.69, 9.17) is 39.1 Å². The van der Waals surface area contributed by atoms with Crippen molar-refractivity contribution in [2.24, 2.45) is 5.73 Å². The number of carbonyl (C=O) groups is 2. The number of nitrogens with zero attached hydrogens (tertiary/aromatic N) is 3. The number of aryl methyl sites for hydroxylation is 1. The van der Waals surface area contributed by atoms with E-state index in [0.717, 1.165) is 35.1 Å². The maximum atomic E-state index is 9.55. The maximum Gasteiger partial charge on any atom is 0.328 e. The molecule has 0 saturated heterocycles. The van der Waals surface area contributed by atoms with Crippen molar-refractivity contribution >= 4 is 46.0 Å². The van der Waals surface area contributed by atoms with Crippen LogP contribution in [0.1, 0.15) is 6.42 Å². The molecule has 3 aromatic rings. The van der Waals surface area contributed by atoms with Crippen LogP contribution in [0.3, 0.4) is 0 Å². The first-order chi connectivity index (χ1) is 13.8. The lowest BCUT2D eigenvalue weighted by Crippen LogP contribution is -2.06. The molecule has 0 atom stereocenters. The summed E-state index contributed by atoms with van der Waals surface area (Å²) in [5, 5.41) is 22.4. The van der Waals surface area contributed by atoms with Gasteiger partial charge >= 0.3 is 11.9 Å². The fraction of sp³-hybridized carbons (Fsp3) is 0.158. The molecule has 29 heavy (non-hydrogen) atoms. The molecule has 3 rings (SSSR count). The minimum atomic E-state index is -1.26. The number of rotatable bonds is 6. The van der Waals surface area contributed by atoms with E-state index in [1.165, 1.54) is 0 Å². The summed E-state index contributed by atoms with van der Waals surface area (Å²) in [5.74, 6) is -2.51. The molecule has 0 unspecified atom stereocenters. The Balaban J connectivity index is 0.000000321. The second-order valence-corrected chi connectivity index (χ2v) is 6.56. The molecule has 0 bridgehead atoms. The number of hydrogen-bond acceptors (Lipinski definition) is 5. The number of hydrogen-bond donors (Lipinski definition) is 3. The average Bonchev–Trinajstić information content (AvgIpc) is 3.06. The summed E-state index contributed by atoms with van der Waals surface area (Å²) in [6.45, 7) is 1.41. The predicted molar refractivity (Wildman–Crippen MR) is 111 cm³/mol. The number of benzene rings is 1. The van der Waals surface area contributed by atoms with Gasteiger partial charge in [-0.1, -0.05) is 29.3 Å². The Kier molecular flexibility index (Phi) is 8.14. The van der Waals surface area contributed by atoms with Crippen LogP contribution in [0.2, 0.25) is 10.0 Å². The van der Waals surface area contributed by atoms with Gasteiger partial charge in [0.05, 0.1) is 15.6 Å². The number of carboxylic acids is 2. The zero-order valence-electron chi connectivity index (χ0n) is 15.1. The van der Waals surface area contributed by atoms with Gasteiger partial charge in [-0.15, -0.1) is 0 Å². The first kappa shape index (κ1) is 22.4. The Morgan fingerprint density at radius 3 is 2.38 bits per heavy atom. The van der Waals surface area contributed by atoms with Crippen molar-refractivity contribution in [3.63, 3.8) is 0 Å². The van der Waals surface area contributed by atoms with Gasteiger partial charge in [-0.25, -0.2) is 9.59 Å². The molecule has 152 valence electrons. The Morgan fingerprint density at radius 2 is 1.79 bits per heavy atom. The summed E-state index contributed by atoms with van der Waals surface area (Å²) in [6, 6.07) is 7.47. The largest absolute Gasteiger partial charge is 0.478 e. The molecular weight excluding hydrogens is 419 g/mol. The molecule has 1 aromatic carbocycles. The number of aliphatic carboxylic acids is 2. The summed E-state index contributed by atoms with van der Waals surface area (Å²) in [7, 11) is 0. The molecule has 0 radical (unpaired) electrons. The topological polar surface area (TPSA) is 131 Å². The molecule has 2 aromatic heterocycles. The second-order valence-electron chi connectivity index (χ2n) is 5.75. The van der Waals surface area contributed by atoms with Gasteiger partial charge in [-0.3, -0.25) is 9.67 Å². The van der Waals surface area contributed by atoms with E-state index in [9.17, 15) is 9.59 Å². The van der Waals surface area contributed by atoms with E-state index in [0.29, 0.717) is 28.7 Å². The zero-order valence-corrected chi connectivity index (χ0v) is 16.6. The van der Waals surface area contributed by atoms with Gasteiger partial charge in [0, 0.05) is 42.0 Å². The Bertz CT molecular complexity index is 1030. The van der Waals surface area contributed by atoms with Crippen molar-refractivity contribution in [2.45, 2.75) is 13.0 Å². The van der Waals surface area contributed by atoms with Crippen molar-refractivity contribution in [1.29, 1.82) is 0 Å². The van der Waals surface area contributed by atoms with E-state index in [-0.39, 0.29) is 0 Å². The van der Waals surface area contributed by atoms with Crippen LogP contribution >= 0.6 is 23.2 Å². The minimum Gasteiger partial charge on any atom is -0.478 e. The standard InChI is InChI=1S/C15H14Cl2N4.C4H4O4/c16-12-3-2-10(8-13(12)17)15-11-9-19-6-4-14(11)21(20-15)7-1-5-18;5-3(6)1-2-4(7)8/h2-4,6,8-9H,1,5,7,18H2;1-2H,(H,5,6)(H,7,8)/b;2-1-. The quantitative estimate of drug-likeness (QED) is 0.503. The molecule has 0 fully saturated rings. The first-order valence-electron chi connectivity index (χ1n) is 8.43. The van der Waals surface area contributed by atoms with E-state index in [1.54, 1.807) is 12.3 Å². The molecule has 10 heteroatoms. The van der Waals surface area contributed by atoms with Gasteiger partial charge in [-0.2, -0.15) is 5.10 Å². The minimum absolute atomic E-state index is 0.516. The van der Waals surface area contributed by atoms with E-state index in [1.807, 2.05) is 29.1 Å². The number of fused-ring (bicyclic) bond motifs is 1. The molecular formula is C19H18Cl2N4O4. The highest BCUT2D eigenvalue weighted by Gasteiger charge is 2.13. The lowest BCUT2D eigenvalue weighted by atomic mass is 10.1. The number of carboxylic acid groups (broad SMARTS) is 2. The lowest BCUT2D eigenvalue weighted by Gasteiger charge is -2.01. The zero-order chi connectivity index (χ0) is 21.4. The molecule has 4 N–H and O–H groups in total. The highest BCUT2D eigenvalue weighted by atomic mass is 35.5. The summed E-state index contributed by atoms with van der Waals surface area (Å²) in [5.41, 5.74) is 8.41. The van der Waals surface area contributed by atoms with Crippen molar-refractivity contribution in [3.05, 3.63) is 58.9 Å². The van der Waals surface area contributed by atoms with Gasteiger partial charge in [0.1, 0.15) is 5.69 Å². The number of pyridine rings is 1. The third-order valence-electron chi connectivity index (χ3n) is 3.69. The molecule has 2 heterocycles. The first-order valence-corrected chi connectivity index (χ1v) is 9.19. The van der Waals surface area contributed by atoms with E-state index >= 15 is 0 Å². The third-order valence-corrected chi connectivity index (χ3v) is 4.43. The van der Waals surface area contributed by atoms with Crippen LogP contribution < -0.4 is 5.73 Å². The fourth-order valence-electron chi connectivity index (χ4n) is 2.43. The van der Waals surface area contributed by atoms with E-state index < -0.39 is 11.9 Å². The lowest BCUT2D eigenvalue weighted by molar-refractivity contribution is -0.134. The molecule has 0 aliphatic rings. The van der Waals surface area contributed by atoms with Gasteiger partial charge in [0.15, 0.2) is 0 Å². The maximum absolute atomic E-state index is 9.55. The van der Waals surface area contributed by atoms with Crippen LogP contribution in [0, 0.1) is 0 Å². The van der Waals surface area contributed by atoms with Crippen LogP contribution in [0.15, 0.2) is 48.8 Å². The summed E-state index contributed by atoms with van der Waals surface area (Å²) in [6.07, 6.45) is 5.57. The summed E-state index contributed by atoms with van der Waals surface area (Å²) < 4.78 is 1.96. The molecule has 0 spiro atoms. The normalized spacial score (nSPS) is 10.7. The Morgan fingerprint density at radius 1 is 1.10 bits per heavy atom. The monoisotopic (exact) mass is 436 g/mol. The van der Waals surface area contributed by atoms with E-state index in [2.05, 4.69) is 10.1 Å². The van der Waals surface area contributed by atoms with Crippen LogP contribution in [-0.2, 0) is 16.1 Å². The summed E-state index contributed by atoms with van der Waals surface area (Å²) >= 11 is 12.1. The molecule has 0 amide bonds. The Labute approximate surface area is 176 Å². The number of nitrogens with two attached hydrogens (primary N) is 1. The van der Waals surface area contributed by atoms with Gasteiger partial charge in [-0.05, 0) is 31.2 Å². The second kappa shape index (κ2) is 10.6. The van der Waals surface area contributed by atoms with Gasteiger partial charge < -0.3 is 15.9 Å². The molecule has 0 saturated carbocycles. The highest BCUT2D eigenvalue weighted by Crippen LogP contribution is 2.32. The van der Waals surface area contributed by atoms with Gasteiger partial charge in [0.2, 0.25) is 0 Å². The Hall–Kier alpha value is -2.94. The van der Waals surface area contributed by atoms with Crippen LogP contribution in [0.25, 0.3) is 22.2 Å². The summed E-state index contributed by atoms with van der Waals surface area (Å²) in [4.78, 5) is 23.3. The van der Waals surface area contributed by atoms with Crippen LogP contribution in [-0.4, -0.2) is 43.5 Å². The van der Waals surface area contributed by atoms with Crippen molar-refractivity contribution in [1.82, 2.24) is 14.8 Å².